The van der Waals surface area contributed by atoms with Crippen LogP contribution in [0.15, 0.2) is 0 Å². The monoisotopic (exact) mass is 374 g/mol. The van der Waals surface area contributed by atoms with Gasteiger partial charge in [0.2, 0.25) is 0 Å². The van der Waals surface area contributed by atoms with E-state index in [1.54, 1.807) is 13.8 Å². The molecule has 8 nitrogen and oxygen atoms in total. The van der Waals surface area contributed by atoms with Gasteiger partial charge in [-0.3, -0.25) is 4.79 Å². The lowest BCUT2D eigenvalue weighted by Crippen LogP contribution is -2.32. The number of methoxy groups -OCH3 is 1. The van der Waals surface area contributed by atoms with Crippen molar-refractivity contribution in [3.8, 4) is 6.57 Å². The van der Waals surface area contributed by atoms with Gasteiger partial charge < -0.3 is 9.47 Å². The summed E-state index contributed by atoms with van der Waals surface area (Å²) in [5.41, 5.74) is -0.911. The van der Waals surface area contributed by atoms with E-state index in [1.165, 1.54) is 7.11 Å². The SMILES string of the molecule is C#[N+]CC(C)(C)OCS(=O)(=O)CS(=O)(=O)CSCC(=O)OC. The first-order valence-corrected chi connectivity index (χ1v) is 10.8. The number of hydrogen-bond donors (Lipinski definition) is 0. The van der Waals surface area contributed by atoms with Crippen molar-refractivity contribution in [1.82, 2.24) is 0 Å². The van der Waals surface area contributed by atoms with Gasteiger partial charge in [-0.25, -0.2) is 16.8 Å². The standard InChI is InChI=1S/C11H20NO7S3/c1-11(2,6-12-3)19-7-21(14,15)9-22(16,17)8-20-5-10(13)18-4/h3H,5-9H2,1-2,4H3/q+1. The zero-order valence-electron chi connectivity index (χ0n) is 12.6. The molecule has 0 N–H and O–H groups in total. The highest BCUT2D eigenvalue weighted by Gasteiger charge is 2.29. The fourth-order valence-corrected chi connectivity index (χ4v) is 6.64. The first kappa shape index (κ1) is 21.2. The maximum atomic E-state index is 11.8. The minimum Gasteiger partial charge on any atom is -0.468 e. The zero-order chi connectivity index (χ0) is 17.4. The van der Waals surface area contributed by atoms with Crippen molar-refractivity contribution in [2.45, 2.75) is 19.4 Å². The normalized spacial score (nSPS) is 12.6. The summed E-state index contributed by atoms with van der Waals surface area (Å²) in [5.74, 6) is -1.51. The Kier molecular flexibility index (Phi) is 8.38. The number of hydrogen-bond acceptors (Lipinski definition) is 8. The molecular formula is C11H20NO7S3+. The van der Waals surface area contributed by atoms with Crippen LogP contribution in [0.4, 0.5) is 0 Å². The third-order valence-corrected chi connectivity index (χ3v) is 8.06. The second-order valence-corrected chi connectivity index (χ2v) is 10.8. The maximum absolute atomic E-state index is 11.8. The van der Waals surface area contributed by atoms with Crippen molar-refractivity contribution >= 4 is 37.4 Å². The Hall–Kier alpha value is -0.830. The topological polar surface area (TPSA) is 108 Å². The third-order valence-electron chi connectivity index (χ3n) is 2.17. The molecule has 0 bridgehead atoms. The molecule has 0 rings (SSSR count). The molecule has 0 fully saturated rings. The number of sulfone groups is 2. The van der Waals surface area contributed by atoms with Crippen LogP contribution < -0.4 is 0 Å². The van der Waals surface area contributed by atoms with Crippen molar-refractivity contribution in [3.63, 3.8) is 0 Å². The van der Waals surface area contributed by atoms with Crippen LogP contribution in [0.5, 0.6) is 0 Å². The summed E-state index contributed by atoms with van der Waals surface area (Å²) >= 11 is 0.766. The van der Waals surface area contributed by atoms with E-state index in [4.69, 9.17) is 11.3 Å². The van der Waals surface area contributed by atoms with Gasteiger partial charge >= 0.3 is 5.97 Å². The molecule has 0 saturated heterocycles. The molecule has 0 heterocycles. The Bertz CT molecular complexity index is 617. The number of nitrogens with zero attached hydrogens (tertiary/aromatic N) is 1. The molecule has 0 saturated carbocycles. The van der Waals surface area contributed by atoms with E-state index in [-0.39, 0.29) is 12.3 Å². The number of carbonyl (C=O) groups excluding carboxylic acids is 1. The second kappa shape index (κ2) is 8.71. The molecule has 0 aliphatic heterocycles. The molecule has 0 aromatic heterocycles. The molecule has 0 amide bonds. The van der Waals surface area contributed by atoms with Crippen molar-refractivity contribution in [2.75, 3.05) is 35.5 Å². The van der Waals surface area contributed by atoms with Crippen LogP contribution in [-0.2, 0) is 33.9 Å². The number of carbonyl (C=O) groups is 1. The summed E-state index contributed by atoms with van der Waals surface area (Å²) in [4.78, 5) is 14.2. The zero-order valence-corrected chi connectivity index (χ0v) is 15.1. The average Bonchev–Trinajstić information content (AvgIpc) is 2.35. The summed E-state index contributed by atoms with van der Waals surface area (Å²) < 4.78 is 56.5. The van der Waals surface area contributed by atoms with Crippen LogP contribution in [0.2, 0.25) is 0 Å². The van der Waals surface area contributed by atoms with Gasteiger partial charge in [-0.2, -0.15) is 0 Å². The predicted octanol–water partition coefficient (Wildman–Crippen LogP) is 0.353. The van der Waals surface area contributed by atoms with E-state index in [9.17, 15) is 21.6 Å². The summed E-state index contributed by atoms with van der Waals surface area (Å²) in [6.45, 7) is 8.25. The molecule has 11 heteroatoms. The van der Waals surface area contributed by atoms with E-state index in [0.29, 0.717) is 0 Å². The van der Waals surface area contributed by atoms with E-state index in [2.05, 4.69) is 9.58 Å². The van der Waals surface area contributed by atoms with Crippen molar-refractivity contribution in [2.24, 2.45) is 0 Å². The Labute approximate surface area is 135 Å². The van der Waals surface area contributed by atoms with E-state index in [1.807, 2.05) is 0 Å². The molecule has 0 radical (unpaired) electrons. The molecule has 22 heavy (non-hydrogen) atoms. The summed E-state index contributed by atoms with van der Waals surface area (Å²) in [6, 6.07) is 0. The van der Waals surface area contributed by atoms with Crippen LogP contribution in [0.3, 0.4) is 0 Å². The summed E-state index contributed by atoms with van der Waals surface area (Å²) in [7, 11) is -6.68. The molecular weight excluding hydrogens is 354 g/mol. The highest BCUT2D eigenvalue weighted by atomic mass is 32.3. The molecule has 0 aliphatic carbocycles. The van der Waals surface area contributed by atoms with Gasteiger partial charge in [0.1, 0.15) is 5.60 Å². The van der Waals surface area contributed by atoms with Gasteiger partial charge in [-0.1, -0.05) is 4.85 Å². The Morgan fingerprint density at radius 1 is 1.23 bits per heavy atom. The summed E-state index contributed by atoms with van der Waals surface area (Å²) in [5, 5.41) is -1.55. The summed E-state index contributed by atoms with van der Waals surface area (Å²) in [6.07, 6.45) is 0. The molecule has 0 spiro atoms. The van der Waals surface area contributed by atoms with Crippen LogP contribution in [-0.4, -0.2) is 63.9 Å². The van der Waals surface area contributed by atoms with E-state index < -0.39 is 47.4 Å². The van der Waals surface area contributed by atoms with Crippen molar-refractivity contribution in [1.29, 1.82) is 0 Å². The maximum Gasteiger partial charge on any atom is 0.315 e. The first-order valence-electron chi connectivity index (χ1n) is 5.99. The number of ether oxygens (including phenoxy) is 2. The largest absolute Gasteiger partial charge is 0.468 e. The van der Waals surface area contributed by atoms with Crippen molar-refractivity contribution < 1.29 is 31.1 Å². The molecule has 0 aromatic carbocycles. The number of rotatable bonds is 10. The van der Waals surface area contributed by atoms with Crippen LogP contribution in [0.25, 0.3) is 4.85 Å². The van der Waals surface area contributed by atoms with Crippen LogP contribution in [0.1, 0.15) is 13.8 Å². The molecule has 0 unspecified atom stereocenters. The van der Waals surface area contributed by atoms with Gasteiger partial charge in [0.15, 0.2) is 30.7 Å². The fourth-order valence-electron chi connectivity index (χ4n) is 1.17. The number of esters is 1. The lowest BCUT2D eigenvalue weighted by molar-refractivity contribution is -0.137. The van der Waals surface area contributed by atoms with Gasteiger partial charge in [-0.15, -0.1) is 11.8 Å². The predicted molar refractivity (Wildman–Crippen MR) is 85.2 cm³/mol. The fraction of sp³-hybridized carbons (Fsp3) is 0.818. The average molecular weight is 374 g/mol. The minimum absolute atomic E-state index is 0.0737. The Morgan fingerprint density at radius 3 is 2.32 bits per heavy atom. The molecule has 0 aromatic rings. The molecule has 128 valence electrons. The first-order chi connectivity index (χ1) is 9.93. The lowest BCUT2D eigenvalue weighted by Gasteiger charge is -2.17. The second-order valence-electron chi connectivity index (χ2n) is 5.01. The lowest BCUT2D eigenvalue weighted by atomic mass is 10.1. The molecule has 0 atom stereocenters. The quantitative estimate of drug-likeness (QED) is 0.504. The van der Waals surface area contributed by atoms with Crippen LogP contribution >= 0.6 is 11.8 Å². The molecule has 0 aliphatic rings. The van der Waals surface area contributed by atoms with Crippen LogP contribution in [0, 0.1) is 6.57 Å². The van der Waals surface area contributed by atoms with Gasteiger partial charge in [0, 0.05) is 0 Å². The highest BCUT2D eigenvalue weighted by Crippen LogP contribution is 2.14. The minimum atomic E-state index is -3.97. The van der Waals surface area contributed by atoms with E-state index in [0.717, 1.165) is 11.8 Å². The van der Waals surface area contributed by atoms with Gasteiger partial charge in [-0.05, 0) is 13.8 Å². The van der Waals surface area contributed by atoms with E-state index >= 15 is 0 Å². The van der Waals surface area contributed by atoms with Gasteiger partial charge in [0.25, 0.3) is 13.1 Å². The number of thioether (sulfide) groups is 1. The smallest absolute Gasteiger partial charge is 0.315 e. The van der Waals surface area contributed by atoms with Crippen molar-refractivity contribution in [3.05, 3.63) is 4.85 Å². The Balaban J connectivity index is 4.51. The van der Waals surface area contributed by atoms with Gasteiger partial charge in [0.05, 0.1) is 17.9 Å². The Morgan fingerprint density at radius 2 is 1.82 bits per heavy atom. The third kappa shape index (κ3) is 9.99. The highest BCUT2D eigenvalue weighted by molar-refractivity contribution is 8.17.